The SMILES string of the molecule is CC(C)c1cc(C(=O)O)cc(NCCc2ccsc2)n1. The van der Waals surface area contributed by atoms with E-state index in [4.69, 9.17) is 5.11 Å². The highest BCUT2D eigenvalue weighted by molar-refractivity contribution is 7.07. The Labute approximate surface area is 122 Å². The molecule has 2 rings (SSSR count). The Morgan fingerprint density at radius 2 is 2.25 bits per heavy atom. The molecule has 0 aliphatic heterocycles. The number of rotatable bonds is 6. The highest BCUT2D eigenvalue weighted by Crippen LogP contribution is 2.18. The molecule has 0 amide bonds. The number of hydrogen-bond donors (Lipinski definition) is 2. The average molecular weight is 290 g/mol. The summed E-state index contributed by atoms with van der Waals surface area (Å²) in [4.78, 5) is 15.6. The fraction of sp³-hybridized carbons (Fsp3) is 0.333. The van der Waals surface area contributed by atoms with Gasteiger partial charge in [-0.2, -0.15) is 11.3 Å². The van der Waals surface area contributed by atoms with E-state index in [2.05, 4.69) is 27.1 Å². The molecule has 0 aliphatic carbocycles. The van der Waals surface area contributed by atoms with Gasteiger partial charge in [0.1, 0.15) is 5.82 Å². The molecule has 0 saturated carbocycles. The van der Waals surface area contributed by atoms with Gasteiger partial charge in [-0.1, -0.05) is 13.8 Å². The van der Waals surface area contributed by atoms with Gasteiger partial charge in [0.2, 0.25) is 0 Å². The van der Waals surface area contributed by atoms with Gasteiger partial charge in [0.25, 0.3) is 0 Å². The summed E-state index contributed by atoms with van der Waals surface area (Å²) in [5, 5.41) is 16.5. The van der Waals surface area contributed by atoms with Gasteiger partial charge in [-0.3, -0.25) is 0 Å². The van der Waals surface area contributed by atoms with Crippen LogP contribution in [0.1, 0.15) is 41.4 Å². The average Bonchev–Trinajstić information content (AvgIpc) is 2.91. The topological polar surface area (TPSA) is 62.2 Å². The van der Waals surface area contributed by atoms with Gasteiger partial charge in [-0.25, -0.2) is 9.78 Å². The Kier molecular flexibility index (Phi) is 4.74. The van der Waals surface area contributed by atoms with Gasteiger partial charge in [0, 0.05) is 12.2 Å². The van der Waals surface area contributed by atoms with Crippen LogP contribution in [0, 0.1) is 0 Å². The summed E-state index contributed by atoms with van der Waals surface area (Å²) in [6.07, 6.45) is 0.902. The van der Waals surface area contributed by atoms with E-state index in [1.807, 2.05) is 13.8 Å². The fourth-order valence-electron chi connectivity index (χ4n) is 1.83. The molecule has 2 aromatic rings. The zero-order valence-corrected chi connectivity index (χ0v) is 12.4. The second kappa shape index (κ2) is 6.52. The van der Waals surface area contributed by atoms with E-state index < -0.39 is 5.97 Å². The maximum Gasteiger partial charge on any atom is 0.335 e. The highest BCUT2D eigenvalue weighted by atomic mass is 32.1. The molecular formula is C15H18N2O2S. The first kappa shape index (κ1) is 14.5. The van der Waals surface area contributed by atoms with Gasteiger partial charge in [-0.05, 0) is 46.9 Å². The molecule has 0 fully saturated rings. The first-order valence-corrected chi connectivity index (χ1v) is 7.51. The number of pyridine rings is 1. The molecule has 2 heterocycles. The van der Waals surface area contributed by atoms with E-state index in [-0.39, 0.29) is 11.5 Å². The second-order valence-electron chi connectivity index (χ2n) is 4.93. The second-order valence-corrected chi connectivity index (χ2v) is 5.71. The van der Waals surface area contributed by atoms with Gasteiger partial charge >= 0.3 is 5.97 Å². The van der Waals surface area contributed by atoms with Crippen molar-refractivity contribution in [3.8, 4) is 0 Å². The fourth-order valence-corrected chi connectivity index (χ4v) is 2.53. The molecule has 0 aromatic carbocycles. The normalized spacial score (nSPS) is 10.8. The lowest BCUT2D eigenvalue weighted by atomic mass is 10.1. The Morgan fingerprint density at radius 1 is 1.45 bits per heavy atom. The van der Waals surface area contributed by atoms with Crippen LogP contribution in [0.2, 0.25) is 0 Å². The summed E-state index contributed by atoms with van der Waals surface area (Å²) in [5.74, 6) is -0.0919. The Balaban J connectivity index is 2.07. The zero-order valence-electron chi connectivity index (χ0n) is 11.6. The van der Waals surface area contributed by atoms with Crippen molar-refractivity contribution in [2.24, 2.45) is 0 Å². The van der Waals surface area contributed by atoms with Crippen molar-refractivity contribution in [1.82, 2.24) is 4.98 Å². The Morgan fingerprint density at radius 3 is 2.85 bits per heavy atom. The van der Waals surface area contributed by atoms with Crippen molar-refractivity contribution in [2.45, 2.75) is 26.2 Å². The number of aromatic nitrogens is 1. The number of carbonyl (C=O) groups is 1. The third kappa shape index (κ3) is 3.81. The third-order valence-corrected chi connectivity index (χ3v) is 3.72. The van der Waals surface area contributed by atoms with Crippen LogP contribution in [-0.4, -0.2) is 22.6 Å². The first-order chi connectivity index (χ1) is 9.56. The minimum atomic E-state index is -0.921. The van der Waals surface area contributed by atoms with Crippen molar-refractivity contribution in [2.75, 3.05) is 11.9 Å². The number of anilines is 1. The van der Waals surface area contributed by atoms with E-state index in [0.717, 1.165) is 18.7 Å². The molecule has 0 radical (unpaired) electrons. The number of carboxylic acids is 1. The zero-order chi connectivity index (χ0) is 14.5. The Hall–Kier alpha value is -1.88. The molecule has 0 unspecified atom stereocenters. The molecule has 106 valence electrons. The van der Waals surface area contributed by atoms with Gasteiger partial charge in [0.05, 0.1) is 5.56 Å². The van der Waals surface area contributed by atoms with Crippen LogP contribution in [0.15, 0.2) is 29.0 Å². The molecular weight excluding hydrogens is 272 g/mol. The third-order valence-electron chi connectivity index (χ3n) is 2.98. The summed E-state index contributed by atoms with van der Waals surface area (Å²) in [5.41, 5.74) is 2.35. The molecule has 0 bridgehead atoms. The van der Waals surface area contributed by atoms with E-state index in [1.165, 1.54) is 5.56 Å². The first-order valence-electron chi connectivity index (χ1n) is 6.56. The lowest BCUT2D eigenvalue weighted by Crippen LogP contribution is -2.09. The van der Waals surface area contributed by atoms with Crippen molar-refractivity contribution < 1.29 is 9.90 Å². The summed E-state index contributed by atoms with van der Waals surface area (Å²) >= 11 is 1.68. The quantitative estimate of drug-likeness (QED) is 0.853. The maximum atomic E-state index is 11.1. The van der Waals surface area contributed by atoms with E-state index in [1.54, 1.807) is 23.5 Å². The lowest BCUT2D eigenvalue weighted by Gasteiger charge is -2.11. The molecule has 5 heteroatoms. The molecule has 0 atom stereocenters. The van der Waals surface area contributed by atoms with Crippen molar-refractivity contribution in [3.63, 3.8) is 0 Å². The smallest absolute Gasteiger partial charge is 0.335 e. The molecule has 0 saturated heterocycles. The predicted octanol–water partition coefficient (Wildman–Crippen LogP) is 3.62. The summed E-state index contributed by atoms with van der Waals surface area (Å²) < 4.78 is 0. The monoisotopic (exact) mass is 290 g/mol. The van der Waals surface area contributed by atoms with Crippen LogP contribution in [0.5, 0.6) is 0 Å². The predicted molar refractivity (Wildman–Crippen MR) is 81.8 cm³/mol. The van der Waals surface area contributed by atoms with E-state index in [9.17, 15) is 4.79 Å². The highest BCUT2D eigenvalue weighted by Gasteiger charge is 2.10. The van der Waals surface area contributed by atoms with Gasteiger partial charge in [-0.15, -0.1) is 0 Å². The van der Waals surface area contributed by atoms with Crippen LogP contribution in [0.3, 0.4) is 0 Å². The number of thiophene rings is 1. The van der Waals surface area contributed by atoms with Crippen molar-refractivity contribution in [1.29, 1.82) is 0 Å². The summed E-state index contributed by atoms with van der Waals surface area (Å²) in [6.45, 7) is 4.75. The van der Waals surface area contributed by atoms with Crippen LogP contribution in [0.4, 0.5) is 5.82 Å². The maximum absolute atomic E-state index is 11.1. The minimum absolute atomic E-state index is 0.201. The summed E-state index contributed by atoms with van der Waals surface area (Å²) in [6, 6.07) is 5.31. The molecule has 20 heavy (non-hydrogen) atoms. The van der Waals surface area contributed by atoms with Crippen LogP contribution >= 0.6 is 11.3 Å². The van der Waals surface area contributed by atoms with E-state index >= 15 is 0 Å². The molecule has 0 spiro atoms. The number of hydrogen-bond acceptors (Lipinski definition) is 4. The number of nitrogens with one attached hydrogen (secondary N) is 1. The number of nitrogens with zero attached hydrogens (tertiary/aromatic N) is 1. The number of carboxylic acid groups (broad SMARTS) is 1. The van der Waals surface area contributed by atoms with Crippen LogP contribution in [0.25, 0.3) is 0 Å². The lowest BCUT2D eigenvalue weighted by molar-refractivity contribution is 0.0696. The van der Waals surface area contributed by atoms with E-state index in [0.29, 0.717) is 5.82 Å². The molecule has 0 aliphatic rings. The van der Waals surface area contributed by atoms with Crippen molar-refractivity contribution >= 4 is 23.1 Å². The van der Waals surface area contributed by atoms with Crippen molar-refractivity contribution in [3.05, 3.63) is 45.8 Å². The molecule has 2 aromatic heterocycles. The summed E-state index contributed by atoms with van der Waals surface area (Å²) in [7, 11) is 0. The minimum Gasteiger partial charge on any atom is -0.478 e. The molecule has 4 nitrogen and oxygen atoms in total. The standard InChI is InChI=1S/C15H18N2O2S/c1-10(2)13-7-12(15(18)19)8-14(17-13)16-5-3-11-4-6-20-9-11/h4,6-10H,3,5H2,1-2H3,(H,16,17)(H,18,19). The molecule has 2 N–H and O–H groups in total. The van der Waals surface area contributed by atoms with Gasteiger partial charge in [0.15, 0.2) is 0 Å². The van der Waals surface area contributed by atoms with Gasteiger partial charge < -0.3 is 10.4 Å². The Bertz CT molecular complexity index is 580. The van der Waals surface area contributed by atoms with Crippen LogP contribution in [-0.2, 0) is 6.42 Å². The van der Waals surface area contributed by atoms with Crippen LogP contribution < -0.4 is 5.32 Å². The number of aromatic carboxylic acids is 1. The largest absolute Gasteiger partial charge is 0.478 e.